The van der Waals surface area contributed by atoms with E-state index in [0.717, 1.165) is 21.7 Å². The van der Waals surface area contributed by atoms with Crippen molar-refractivity contribution in [2.45, 2.75) is 63.3 Å². The first-order valence-corrected chi connectivity index (χ1v) is 20.8. The van der Waals surface area contributed by atoms with Gasteiger partial charge in [-0.2, -0.15) is 0 Å². The van der Waals surface area contributed by atoms with Crippen LogP contribution in [0.15, 0.2) is 0 Å². The normalized spacial score (nSPS) is 8.75. The molecule has 122 valence electrons. The fraction of sp³-hybridized carbons (Fsp3) is 0.455. The third kappa shape index (κ3) is 8.17. The van der Waals surface area contributed by atoms with Gasteiger partial charge in [-0.3, -0.25) is 0 Å². The van der Waals surface area contributed by atoms with Crippen LogP contribution in [0.4, 0.5) is 0 Å². The summed E-state index contributed by atoms with van der Waals surface area (Å²) in [4.78, 5) is 0. The van der Waals surface area contributed by atoms with E-state index in [0.29, 0.717) is 0 Å². The fourth-order valence-electron chi connectivity index (χ4n) is 2.62. The van der Waals surface area contributed by atoms with E-state index in [1.807, 2.05) is 41.5 Å². The van der Waals surface area contributed by atoms with Gasteiger partial charge in [0.2, 0.25) is 0 Å². The molecule has 0 heterocycles. The Hall–Kier alpha value is -1.04. The van der Waals surface area contributed by atoms with E-state index in [2.05, 4.69) is 59.1 Å². The summed E-state index contributed by atoms with van der Waals surface area (Å²) in [6.45, 7) is 11.4. The van der Waals surface area contributed by atoms with Crippen molar-refractivity contribution >= 4 is 36.8 Å². The summed E-state index contributed by atoms with van der Waals surface area (Å²) in [6.07, 6.45) is 2.21. The predicted octanol–water partition coefficient (Wildman–Crippen LogP) is 4.04. The van der Waals surface area contributed by atoms with Crippen molar-refractivity contribution in [3.05, 3.63) is 0 Å². The summed E-state index contributed by atoms with van der Waals surface area (Å²) in [5, 5.41) is 0. The second kappa shape index (κ2) is 13.3. The van der Waals surface area contributed by atoms with Crippen LogP contribution < -0.4 is 0 Å². The zero-order valence-electron chi connectivity index (χ0n) is 15.8. The number of unbranched alkanes of at least 4 members (excludes halogenated alkanes) is 1. The Kier molecular flexibility index (Phi) is 12.7. The third-order valence-electron chi connectivity index (χ3n) is 3.38. The van der Waals surface area contributed by atoms with E-state index in [4.69, 9.17) is 0 Å². The molecule has 0 unspecified atom stereocenters. The van der Waals surface area contributed by atoms with Crippen LogP contribution in [0.2, 0.25) is 8.87 Å². The molecule has 0 aliphatic heterocycles. The molecule has 0 amide bonds. The first-order chi connectivity index (χ1) is 11.6. The molecule has 24 heavy (non-hydrogen) atoms. The van der Waals surface area contributed by atoms with Gasteiger partial charge in [0, 0.05) is 0 Å². The molecule has 0 aromatic heterocycles. The van der Waals surface area contributed by atoms with Crippen LogP contribution in [-0.2, 0) is 0 Å². The summed E-state index contributed by atoms with van der Waals surface area (Å²) >= 11 is -5.88. The summed E-state index contributed by atoms with van der Waals surface area (Å²) in [7, 11) is 0. The Morgan fingerprint density at radius 3 is 0.792 bits per heavy atom. The zero-order chi connectivity index (χ0) is 18.3. The van der Waals surface area contributed by atoms with E-state index in [9.17, 15) is 0 Å². The first-order valence-electron chi connectivity index (χ1n) is 8.21. The monoisotopic (exact) mass is 530 g/mol. The average Bonchev–Trinajstić information content (AvgIpc) is 2.53. The molecule has 0 N–H and O–H groups in total. The van der Waals surface area contributed by atoms with E-state index < -0.39 is 36.8 Å². The predicted molar refractivity (Wildman–Crippen MR) is 111 cm³/mol. The Morgan fingerprint density at radius 1 is 0.417 bits per heavy atom. The van der Waals surface area contributed by atoms with Crippen LogP contribution in [0.25, 0.3) is 0 Å². The van der Waals surface area contributed by atoms with Gasteiger partial charge in [-0.25, -0.2) is 0 Å². The first kappa shape index (κ1) is 23.0. The fourth-order valence-corrected chi connectivity index (χ4v) is 17.6. The van der Waals surface area contributed by atoms with Crippen LogP contribution in [0.5, 0.6) is 0 Å². The zero-order valence-corrected chi connectivity index (χ0v) is 21.5. The van der Waals surface area contributed by atoms with Crippen LogP contribution in [0.1, 0.15) is 54.4 Å². The van der Waals surface area contributed by atoms with Crippen molar-refractivity contribution in [1.29, 1.82) is 0 Å². The van der Waals surface area contributed by atoms with Gasteiger partial charge in [0.15, 0.2) is 0 Å². The standard InChI is InChI=1S/C4H8.6C3H3.2Sn/c1-3-4-2;6*1-3-2;;/h1-4H2;6*1H3;;. The SMILES string of the molecule is CC#[C][Sn]([C]#CC)([C]#CC)[CH2]CC[CH2][Sn]([C]#CC)([C]#CC)[C]#CC. The second-order valence-corrected chi connectivity index (χ2v) is 22.7. The van der Waals surface area contributed by atoms with Crippen molar-refractivity contribution in [1.82, 2.24) is 0 Å². The van der Waals surface area contributed by atoms with E-state index in [-0.39, 0.29) is 0 Å². The Balaban J connectivity index is 5.18. The Morgan fingerprint density at radius 2 is 0.625 bits per heavy atom. The molecule has 0 radical (unpaired) electrons. The summed E-state index contributed by atoms with van der Waals surface area (Å²) in [5.74, 6) is 18.5. The molecule has 0 saturated carbocycles. The summed E-state index contributed by atoms with van der Waals surface area (Å²) in [5.41, 5.74) is 0. The van der Waals surface area contributed by atoms with E-state index in [1.165, 1.54) is 0 Å². The molecule has 0 aliphatic carbocycles. The minimum atomic E-state index is -2.94. The van der Waals surface area contributed by atoms with Crippen molar-refractivity contribution in [3.8, 4) is 59.1 Å². The summed E-state index contributed by atoms with van der Waals surface area (Å²) < 4.78 is 22.6. The van der Waals surface area contributed by atoms with Gasteiger partial charge in [0.25, 0.3) is 0 Å². The molecular formula is C22H26Sn2. The van der Waals surface area contributed by atoms with Crippen molar-refractivity contribution in [2.75, 3.05) is 0 Å². The Bertz CT molecular complexity index is 608. The molecule has 0 aromatic rings. The Labute approximate surface area is 158 Å². The van der Waals surface area contributed by atoms with Crippen molar-refractivity contribution < 1.29 is 0 Å². The van der Waals surface area contributed by atoms with Gasteiger partial charge in [0.1, 0.15) is 0 Å². The topological polar surface area (TPSA) is 0 Å². The van der Waals surface area contributed by atoms with Crippen LogP contribution in [-0.4, -0.2) is 36.8 Å². The van der Waals surface area contributed by atoms with E-state index in [1.54, 1.807) is 0 Å². The molecule has 0 spiro atoms. The quantitative estimate of drug-likeness (QED) is 0.288. The second-order valence-electron chi connectivity index (χ2n) is 5.27. The molecule has 0 saturated heterocycles. The third-order valence-corrected chi connectivity index (χ3v) is 21.3. The van der Waals surface area contributed by atoms with Gasteiger partial charge >= 0.3 is 159 Å². The van der Waals surface area contributed by atoms with Crippen molar-refractivity contribution in [3.63, 3.8) is 0 Å². The average molecular weight is 528 g/mol. The van der Waals surface area contributed by atoms with Gasteiger partial charge in [-0.05, 0) is 0 Å². The molecule has 0 atom stereocenters. The molecular weight excluding hydrogens is 502 g/mol. The number of hydrogen-bond donors (Lipinski definition) is 0. The molecule has 0 rings (SSSR count). The van der Waals surface area contributed by atoms with Gasteiger partial charge < -0.3 is 0 Å². The van der Waals surface area contributed by atoms with Gasteiger partial charge in [-0.1, -0.05) is 0 Å². The molecule has 2 heteroatoms. The molecule has 0 aliphatic rings. The van der Waals surface area contributed by atoms with Crippen LogP contribution >= 0.6 is 0 Å². The van der Waals surface area contributed by atoms with Gasteiger partial charge in [0.05, 0.1) is 0 Å². The number of rotatable bonds is 5. The molecule has 0 nitrogen and oxygen atoms in total. The number of hydrogen-bond acceptors (Lipinski definition) is 0. The maximum atomic E-state index is 3.42. The van der Waals surface area contributed by atoms with E-state index >= 15 is 0 Å². The molecule has 0 fully saturated rings. The maximum absolute atomic E-state index is 3.42. The van der Waals surface area contributed by atoms with Crippen molar-refractivity contribution in [2.24, 2.45) is 0 Å². The molecule has 0 bridgehead atoms. The van der Waals surface area contributed by atoms with Crippen LogP contribution in [0.3, 0.4) is 0 Å². The minimum absolute atomic E-state index is 1.07. The van der Waals surface area contributed by atoms with Gasteiger partial charge in [-0.15, -0.1) is 0 Å². The summed E-state index contributed by atoms with van der Waals surface area (Å²) in [6, 6.07) is 0. The molecule has 0 aromatic carbocycles. The van der Waals surface area contributed by atoms with Crippen LogP contribution in [0, 0.1) is 59.1 Å².